The summed E-state index contributed by atoms with van der Waals surface area (Å²) in [5.41, 5.74) is 3.62. The quantitative estimate of drug-likeness (QED) is 0.406. The summed E-state index contributed by atoms with van der Waals surface area (Å²) in [5, 5.41) is 13.3. The van der Waals surface area contributed by atoms with Gasteiger partial charge in [-0.15, -0.1) is 0 Å². The molecule has 5 rings (SSSR count). The largest absolute Gasteiger partial charge is 0.493 e. The van der Waals surface area contributed by atoms with Crippen LogP contribution in [0, 0.1) is 6.92 Å². The Morgan fingerprint density at radius 3 is 2.57 bits per heavy atom. The highest BCUT2D eigenvalue weighted by atomic mass is 16.5. The van der Waals surface area contributed by atoms with Crippen molar-refractivity contribution >= 4 is 29.2 Å². The molecule has 4 aromatic rings. The number of ether oxygens (including phenoxy) is 1. The van der Waals surface area contributed by atoms with Crippen molar-refractivity contribution in [3.05, 3.63) is 83.4 Å². The van der Waals surface area contributed by atoms with Gasteiger partial charge in [-0.05, 0) is 67.9 Å². The van der Waals surface area contributed by atoms with Crippen molar-refractivity contribution in [2.24, 2.45) is 0 Å². The van der Waals surface area contributed by atoms with E-state index in [9.17, 15) is 9.59 Å². The van der Waals surface area contributed by atoms with E-state index < -0.39 is 5.97 Å². The fraction of sp³-hybridized carbons (Fsp3) is 0.222. The average Bonchev–Trinajstić information content (AvgIpc) is 3.28. The van der Waals surface area contributed by atoms with Gasteiger partial charge in [0.1, 0.15) is 11.6 Å². The summed E-state index contributed by atoms with van der Waals surface area (Å²) in [4.78, 5) is 37.2. The van der Waals surface area contributed by atoms with E-state index in [0.717, 1.165) is 22.6 Å². The summed E-state index contributed by atoms with van der Waals surface area (Å²) < 4.78 is 7.50. The third kappa shape index (κ3) is 4.49. The number of aryl methyl sites for hydroxylation is 1. The number of carbonyl (C=O) groups is 2. The van der Waals surface area contributed by atoms with E-state index in [4.69, 9.17) is 9.84 Å². The molecule has 0 radical (unpaired) electrons. The lowest BCUT2D eigenvalue weighted by atomic mass is 10.1. The molecule has 0 aliphatic carbocycles. The van der Waals surface area contributed by atoms with Crippen LogP contribution in [0.2, 0.25) is 0 Å². The summed E-state index contributed by atoms with van der Waals surface area (Å²) >= 11 is 0. The number of rotatable bonds is 7. The lowest BCUT2D eigenvalue weighted by Gasteiger charge is -2.22. The fourth-order valence-corrected chi connectivity index (χ4v) is 4.37. The molecule has 3 aromatic heterocycles. The Bertz CT molecular complexity index is 1480. The molecule has 10 heteroatoms. The molecule has 1 N–H and O–H groups in total. The van der Waals surface area contributed by atoms with E-state index >= 15 is 0 Å². The molecule has 1 aromatic carbocycles. The second kappa shape index (κ2) is 9.73. The third-order valence-corrected chi connectivity index (χ3v) is 6.26. The monoisotopic (exact) mass is 498 g/mol. The van der Waals surface area contributed by atoms with Crippen molar-refractivity contribution in [1.82, 2.24) is 19.7 Å². The summed E-state index contributed by atoms with van der Waals surface area (Å²) in [6.07, 6.45) is 4.05. The Hall–Kier alpha value is -4.73. The highest BCUT2D eigenvalue weighted by molar-refractivity contribution is 6.12. The number of carboxylic acids is 1. The van der Waals surface area contributed by atoms with Crippen LogP contribution in [0.25, 0.3) is 5.69 Å². The molecule has 1 aliphatic heterocycles. The third-order valence-electron chi connectivity index (χ3n) is 6.26. The Kier molecular flexibility index (Phi) is 6.31. The van der Waals surface area contributed by atoms with Gasteiger partial charge in [-0.25, -0.2) is 19.4 Å². The van der Waals surface area contributed by atoms with Gasteiger partial charge >= 0.3 is 5.97 Å². The van der Waals surface area contributed by atoms with Gasteiger partial charge in [-0.1, -0.05) is 0 Å². The number of hydrogen-bond acceptors (Lipinski definition) is 7. The Balaban J connectivity index is 1.29. The number of anilines is 3. The lowest BCUT2D eigenvalue weighted by molar-refractivity contribution is 0.0689. The number of carbonyl (C=O) groups excluding carboxylic acids is 1. The van der Waals surface area contributed by atoms with Crippen LogP contribution < -0.4 is 14.5 Å². The lowest BCUT2D eigenvalue weighted by Crippen LogP contribution is -2.25. The second-order valence-electron chi connectivity index (χ2n) is 8.65. The van der Waals surface area contributed by atoms with Crippen LogP contribution in [0.3, 0.4) is 0 Å². The minimum Gasteiger partial charge on any atom is -0.493 e. The summed E-state index contributed by atoms with van der Waals surface area (Å²) in [6, 6.07) is 14.4. The Morgan fingerprint density at radius 2 is 1.86 bits per heavy atom. The van der Waals surface area contributed by atoms with E-state index in [2.05, 4.69) is 15.1 Å². The highest BCUT2D eigenvalue weighted by Gasteiger charge is 2.30. The molecule has 1 amide bonds. The van der Waals surface area contributed by atoms with E-state index in [0.29, 0.717) is 42.5 Å². The maximum absolute atomic E-state index is 13.3. The molecular formula is C27H26N6O4. The SMILES string of the molecule is CCN1c2ncc(CCOc3ccc(-n4nc(C(=O)O)cc4C)cc3)cc2C(=O)N(C)c2cccnc21. The van der Waals surface area contributed by atoms with Gasteiger partial charge in [0.25, 0.3) is 5.91 Å². The van der Waals surface area contributed by atoms with E-state index in [1.165, 1.54) is 6.07 Å². The predicted molar refractivity (Wildman–Crippen MR) is 138 cm³/mol. The zero-order valence-electron chi connectivity index (χ0n) is 20.8. The van der Waals surface area contributed by atoms with Gasteiger partial charge in [0.05, 0.1) is 23.5 Å². The Morgan fingerprint density at radius 1 is 1.08 bits per heavy atom. The van der Waals surface area contributed by atoms with Crippen molar-refractivity contribution in [2.75, 3.05) is 30.0 Å². The number of nitrogens with zero attached hydrogens (tertiary/aromatic N) is 6. The summed E-state index contributed by atoms with van der Waals surface area (Å²) in [6.45, 7) is 4.83. The summed E-state index contributed by atoms with van der Waals surface area (Å²) in [7, 11) is 1.75. The molecule has 0 saturated heterocycles. The number of benzene rings is 1. The minimum atomic E-state index is -1.06. The van der Waals surface area contributed by atoms with Crippen LogP contribution in [0.15, 0.2) is 60.9 Å². The van der Waals surface area contributed by atoms with Gasteiger partial charge in [0.2, 0.25) is 0 Å². The normalized spacial score (nSPS) is 12.7. The number of aromatic nitrogens is 4. The first-order valence-electron chi connectivity index (χ1n) is 11.9. The van der Waals surface area contributed by atoms with Gasteiger partial charge < -0.3 is 19.6 Å². The molecule has 37 heavy (non-hydrogen) atoms. The highest BCUT2D eigenvalue weighted by Crippen LogP contribution is 2.37. The summed E-state index contributed by atoms with van der Waals surface area (Å²) in [5.74, 6) is 0.773. The topological polar surface area (TPSA) is 114 Å². The molecule has 0 saturated carbocycles. The smallest absolute Gasteiger partial charge is 0.356 e. The second-order valence-corrected chi connectivity index (χ2v) is 8.65. The van der Waals surface area contributed by atoms with E-state index in [1.807, 2.05) is 54.3 Å². The average molecular weight is 499 g/mol. The Labute approximate surface area is 213 Å². The van der Waals surface area contributed by atoms with Crippen molar-refractivity contribution in [3.8, 4) is 11.4 Å². The number of pyridine rings is 2. The molecule has 0 bridgehead atoms. The molecule has 1 aliphatic rings. The standard InChI is InChI=1S/C27H26N6O4/c1-4-32-24-21(26(34)31(3)23-6-5-12-28-25(23)32)15-18(16-29-24)11-13-37-20-9-7-19(8-10-20)33-17(2)14-22(30-33)27(35)36/h5-10,12,14-16H,4,11,13H2,1-3H3,(H,35,36). The first-order chi connectivity index (χ1) is 17.9. The van der Waals surface area contributed by atoms with E-state index in [1.54, 1.807) is 35.9 Å². The van der Waals surface area contributed by atoms with Crippen LogP contribution in [0.5, 0.6) is 5.75 Å². The zero-order valence-corrected chi connectivity index (χ0v) is 20.8. The number of hydrogen-bond donors (Lipinski definition) is 1. The van der Waals surface area contributed by atoms with Crippen molar-refractivity contribution in [3.63, 3.8) is 0 Å². The molecule has 0 spiro atoms. The molecule has 0 unspecified atom stereocenters. The maximum atomic E-state index is 13.3. The van der Waals surface area contributed by atoms with Gasteiger partial charge in [-0.3, -0.25) is 4.79 Å². The van der Waals surface area contributed by atoms with Crippen LogP contribution >= 0.6 is 0 Å². The molecule has 188 valence electrons. The first-order valence-corrected chi connectivity index (χ1v) is 11.9. The zero-order chi connectivity index (χ0) is 26.1. The first kappa shape index (κ1) is 24.0. The van der Waals surface area contributed by atoms with Crippen molar-refractivity contribution in [1.29, 1.82) is 0 Å². The van der Waals surface area contributed by atoms with Crippen LogP contribution in [-0.2, 0) is 6.42 Å². The maximum Gasteiger partial charge on any atom is 0.356 e. The number of amides is 1. The van der Waals surface area contributed by atoms with Gasteiger partial charge in [0, 0.05) is 38.1 Å². The van der Waals surface area contributed by atoms with Crippen molar-refractivity contribution in [2.45, 2.75) is 20.3 Å². The van der Waals surface area contributed by atoms with Gasteiger partial charge in [0.15, 0.2) is 11.5 Å². The van der Waals surface area contributed by atoms with Crippen LogP contribution in [0.1, 0.15) is 39.0 Å². The molecule has 10 nitrogen and oxygen atoms in total. The predicted octanol–water partition coefficient (Wildman–Crippen LogP) is 4.04. The molecule has 0 fully saturated rings. The molecule has 4 heterocycles. The van der Waals surface area contributed by atoms with Gasteiger partial charge in [-0.2, -0.15) is 5.10 Å². The minimum absolute atomic E-state index is 0.000866. The molecular weight excluding hydrogens is 472 g/mol. The fourth-order valence-electron chi connectivity index (χ4n) is 4.37. The number of fused-ring (bicyclic) bond motifs is 2. The number of carboxylic acid groups (broad SMARTS) is 1. The number of aromatic carboxylic acids is 1. The van der Waals surface area contributed by atoms with Crippen LogP contribution in [-0.4, -0.2) is 56.9 Å². The van der Waals surface area contributed by atoms with E-state index in [-0.39, 0.29) is 11.6 Å². The molecule has 0 atom stereocenters. The van der Waals surface area contributed by atoms with Crippen molar-refractivity contribution < 1.29 is 19.4 Å². The van der Waals surface area contributed by atoms with Crippen LogP contribution in [0.4, 0.5) is 17.3 Å².